The third kappa shape index (κ3) is 12.4. The monoisotopic (exact) mass is 256 g/mol. The molecule has 0 saturated heterocycles. The average Bonchev–Trinajstić information content (AvgIpc) is 2.36. The highest BCUT2D eigenvalue weighted by Gasteiger charge is 2.07. The molecule has 0 spiro atoms. The van der Waals surface area contributed by atoms with Crippen LogP contribution in [-0.4, -0.2) is 12.1 Å². The zero-order chi connectivity index (χ0) is 13.6. The Morgan fingerprint density at radius 3 is 1.67 bits per heavy atom. The lowest BCUT2D eigenvalue weighted by Gasteiger charge is -2.15. The summed E-state index contributed by atoms with van der Waals surface area (Å²) >= 11 is 0. The highest BCUT2D eigenvalue weighted by Crippen LogP contribution is 2.12. The Morgan fingerprint density at radius 2 is 1.17 bits per heavy atom. The van der Waals surface area contributed by atoms with Crippen LogP contribution in [0.25, 0.3) is 0 Å². The van der Waals surface area contributed by atoms with Crippen molar-refractivity contribution in [2.24, 2.45) is 11.5 Å². The lowest BCUT2D eigenvalue weighted by Crippen LogP contribution is -2.30. The molecule has 0 aliphatic heterocycles. The molecule has 0 fully saturated rings. The molecule has 2 nitrogen and oxygen atoms in total. The van der Waals surface area contributed by atoms with E-state index in [4.69, 9.17) is 11.5 Å². The highest BCUT2D eigenvalue weighted by atomic mass is 14.7. The molecule has 2 heteroatoms. The van der Waals surface area contributed by atoms with Gasteiger partial charge < -0.3 is 11.5 Å². The Balaban J connectivity index is 3.15. The molecule has 2 atom stereocenters. The second kappa shape index (κ2) is 13.4. The van der Waals surface area contributed by atoms with Crippen LogP contribution >= 0.6 is 0 Å². The fourth-order valence-corrected chi connectivity index (χ4v) is 2.39. The van der Waals surface area contributed by atoms with Crippen molar-refractivity contribution in [3.8, 4) is 0 Å². The summed E-state index contributed by atoms with van der Waals surface area (Å²) in [6, 6.07) is 0.628. The molecule has 2 unspecified atom stereocenters. The van der Waals surface area contributed by atoms with Crippen LogP contribution in [0.1, 0.15) is 90.9 Å². The maximum Gasteiger partial charge on any atom is 0.00535 e. The van der Waals surface area contributed by atoms with E-state index in [1.165, 1.54) is 57.8 Å². The van der Waals surface area contributed by atoms with Crippen molar-refractivity contribution in [1.29, 1.82) is 0 Å². The van der Waals surface area contributed by atoms with Crippen molar-refractivity contribution < 1.29 is 0 Å². The lowest BCUT2D eigenvalue weighted by molar-refractivity contribution is 0.462. The predicted octanol–water partition coefficient (Wildman–Crippen LogP) is 4.36. The van der Waals surface area contributed by atoms with E-state index < -0.39 is 0 Å². The molecule has 0 aliphatic carbocycles. The molecule has 0 saturated carbocycles. The molecule has 0 aromatic heterocycles. The Hall–Kier alpha value is -0.0800. The van der Waals surface area contributed by atoms with E-state index in [9.17, 15) is 0 Å². The fourth-order valence-electron chi connectivity index (χ4n) is 2.39. The van der Waals surface area contributed by atoms with Crippen LogP contribution in [0.2, 0.25) is 0 Å². The Bertz CT molecular complexity index is 159. The Kier molecular flexibility index (Phi) is 13.3. The Morgan fingerprint density at radius 1 is 0.667 bits per heavy atom. The van der Waals surface area contributed by atoms with Gasteiger partial charge in [-0.1, -0.05) is 71.6 Å². The zero-order valence-electron chi connectivity index (χ0n) is 12.8. The minimum atomic E-state index is 0.304. The molecule has 18 heavy (non-hydrogen) atoms. The van der Waals surface area contributed by atoms with Crippen molar-refractivity contribution in [2.45, 2.75) is 103 Å². The molecule has 0 aromatic carbocycles. The van der Waals surface area contributed by atoms with E-state index in [1.807, 2.05) is 0 Å². The van der Waals surface area contributed by atoms with Crippen LogP contribution < -0.4 is 11.5 Å². The highest BCUT2D eigenvalue weighted by molar-refractivity contribution is 4.69. The standard InChI is InChI=1S/C16H36N2/c1-3-5-6-7-8-9-10-11-12-13-16(18)14-15(17)4-2/h15-16H,3-14,17-18H2,1-2H3. The largest absolute Gasteiger partial charge is 0.328 e. The molecule has 4 N–H and O–H groups in total. The van der Waals surface area contributed by atoms with Gasteiger partial charge in [0.1, 0.15) is 0 Å². The first-order valence-electron chi connectivity index (χ1n) is 8.21. The minimum Gasteiger partial charge on any atom is -0.328 e. The van der Waals surface area contributed by atoms with Crippen molar-refractivity contribution in [1.82, 2.24) is 0 Å². The summed E-state index contributed by atoms with van der Waals surface area (Å²) in [5.41, 5.74) is 12.0. The normalized spacial score (nSPS) is 14.7. The number of hydrogen-bond donors (Lipinski definition) is 2. The lowest BCUT2D eigenvalue weighted by atomic mass is 10.00. The third-order valence-electron chi connectivity index (χ3n) is 3.81. The zero-order valence-corrected chi connectivity index (χ0v) is 12.8. The van der Waals surface area contributed by atoms with Gasteiger partial charge in [-0.3, -0.25) is 0 Å². The first-order chi connectivity index (χ1) is 8.70. The summed E-state index contributed by atoms with van der Waals surface area (Å²) in [6.07, 6.45) is 15.7. The summed E-state index contributed by atoms with van der Waals surface area (Å²) in [4.78, 5) is 0. The number of rotatable bonds is 13. The molecule has 0 heterocycles. The summed E-state index contributed by atoms with van der Waals surface area (Å²) in [6.45, 7) is 4.41. The molecule has 0 bridgehead atoms. The quantitative estimate of drug-likeness (QED) is 0.481. The maximum atomic E-state index is 6.07. The van der Waals surface area contributed by atoms with Gasteiger partial charge in [-0.05, 0) is 19.3 Å². The van der Waals surface area contributed by atoms with Gasteiger partial charge in [0.25, 0.3) is 0 Å². The molecule has 0 radical (unpaired) electrons. The van der Waals surface area contributed by atoms with Gasteiger partial charge in [0.2, 0.25) is 0 Å². The van der Waals surface area contributed by atoms with E-state index in [0.29, 0.717) is 12.1 Å². The number of nitrogens with two attached hydrogens (primary N) is 2. The Labute approximate surface area is 115 Å². The SMILES string of the molecule is CCCCCCCCCCCC(N)CC(N)CC. The minimum absolute atomic E-state index is 0.304. The molecule has 0 rings (SSSR count). The van der Waals surface area contributed by atoms with Crippen LogP contribution in [0, 0.1) is 0 Å². The van der Waals surface area contributed by atoms with Crippen LogP contribution in [0.15, 0.2) is 0 Å². The molecule has 0 aromatic rings. The van der Waals surface area contributed by atoms with E-state index in [-0.39, 0.29) is 0 Å². The van der Waals surface area contributed by atoms with Gasteiger partial charge in [-0.2, -0.15) is 0 Å². The van der Waals surface area contributed by atoms with Gasteiger partial charge in [-0.25, -0.2) is 0 Å². The number of hydrogen-bond acceptors (Lipinski definition) is 2. The van der Waals surface area contributed by atoms with E-state index in [1.54, 1.807) is 0 Å². The summed E-state index contributed by atoms with van der Waals surface area (Å²) < 4.78 is 0. The molecule has 110 valence electrons. The van der Waals surface area contributed by atoms with Gasteiger partial charge in [-0.15, -0.1) is 0 Å². The van der Waals surface area contributed by atoms with Crippen molar-refractivity contribution in [3.63, 3.8) is 0 Å². The molecular weight excluding hydrogens is 220 g/mol. The summed E-state index contributed by atoms with van der Waals surface area (Å²) in [5, 5.41) is 0. The second-order valence-corrected chi connectivity index (χ2v) is 5.78. The van der Waals surface area contributed by atoms with Crippen LogP contribution in [0.5, 0.6) is 0 Å². The van der Waals surface area contributed by atoms with E-state index >= 15 is 0 Å². The fraction of sp³-hybridized carbons (Fsp3) is 1.00. The van der Waals surface area contributed by atoms with E-state index in [2.05, 4.69) is 13.8 Å². The van der Waals surface area contributed by atoms with Gasteiger partial charge in [0.05, 0.1) is 0 Å². The second-order valence-electron chi connectivity index (χ2n) is 5.78. The van der Waals surface area contributed by atoms with Crippen molar-refractivity contribution in [3.05, 3.63) is 0 Å². The van der Waals surface area contributed by atoms with Crippen molar-refractivity contribution in [2.75, 3.05) is 0 Å². The molecule has 0 amide bonds. The van der Waals surface area contributed by atoms with Crippen LogP contribution in [-0.2, 0) is 0 Å². The topological polar surface area (TPSA) is 52.0 Å². The average molecular weight is 256 g/mol. The van der Waals surface area contributed by atoms with Crippen LogP contribution in [0.3, 0.4) is 0 Å². The summed E-state index contributed by atoms with van der Waals surface area (Å²) in [7, 11) is 0. The van der Waals surface area contributed by atoms with E-state index in [0.717, 1.165) is 19.3 Å². The van der Waals surface area contributed by atoms with Gasteiger partial charge >= 0.3 is 0 Å². The first kappa shape index (κ1) is 17.9. The first-order valence-corrected chi connectivity index (χ1v) is 8.21. The molecular formula is C16H36N2. The molecule has 0 aliphatic rings. The van der Waals surface area contributed by atoms with Crippen LogP contribution in [0.4, 0.5) is 0 Å². The number of unbranched alkanes of at least 4 members (excludes halogenated alkanes) is 8. The predicted molar refractivity (Wildman–Crippen MR) is 82.7 cm³/mol. The maximum absolute atomic E-state index is 6.07. The summed E-state index contributed by atoms with van der Waals surface area (Å²) in [5.74, 6) is 0. The third-order valence-corrected chi connectivity index (χ3v) is 3.81. The van der Waals surface area contributed by atoms with Crippen molar-refractivity contribution >= 4 is 0 Å². The smallest absolute Gasteiger partial charge is 0.00535 e. The van der Waals surface area contributed by atoms with Gasteiger partial charge in [0.15, 0.2) is 0 Å². The van der Waals surface area contributed by atoms with Gasteiger partial charge in [0, 0.05) is 12.1 Å².